The van der Waals surface area contributed by atoms with Crippen molar-refractivity contribution in [1.82, 2.24) is 9.80 Å². The van der Waals surface area contributed by atoms with E-state index in [9.17, 15) is 14.0 Å². The number of hydrogen-bond acceptors (Lipinski definition) is 6. The fraction of sp³-hybridized carbons (Fsp3) is 0.310. The molecule has 4 rings (SSSR count). The molecule has 0 saturated carbocycles. The molecule has 0 unspecified atom stereocenters. The van der Waals surface area contributed by atoms with Gasteiger partial charge in [0.15, 0.2) is 0 Å². The minimum Gasteiger partial charge on any atom is -0.497 e. The van der Waals surface area contributed by atoms with E-state index < -0.39 is 5.82 Å². The predicted molar refractivity (Wildman–Crippen MR) is 142 cm³/mol. The molecule has 0 bridgehead atoms. The number of rotatable bonds is 9. The lowest BCUT2D eigenvalue weighted by molar-refractivity contribution is 0.00582. The second-order valence-electron chi connectivity index (χ2n) is 8.96. The molecule has 0 aromatic heterocycles. The molecule has 1 atom stereocenters. The highest BCUT2D eigenvalue weighted by atomic mass is 19.1. The molecule has 0 aliphatic carbocycles. The molecule has 9 heteroatoms. The lowest BCUT2D eigenvalue weighted by atomic mass is 10.1. The average Bonchev–Trinajstić information content (AvgIpc) is 2.96. The maximum atomic E-state index is 13.9. The Morgan fingerprint density at radius 1 is 0.947 bits per heavy atom. The fourth-order valence-corrected chi connectivity index (χ4v) is 4.27. The zero-order valence-electron chi connectivity index (χ0n) is 21.6. The van der Waals surface area contributed by atoms with E-state index in [4.69, 9.17) is 14.2 Å². The molecular weight excluding hydrogens is 489 g/mol. The van der Waals surface area contributed by atoms with E-state index in [1.807, 2.05) is 36.4 Å². The normalized spacial score (nSPS) is 14.6. The van der Waals surface area contributed by atoms with Crippen LogP contribution in [0.2, 0.25) is 0 Å². The van der Waals surface area contributed by atoms with Crippen LogP contribution in [0.25, 0.3) is 0 Å². The third-order valence-corrected chi connectivity index (χ3v) is 6.49. The molecule has 0 radical (unpaired) electrons. The van der Waals surface area contributed by atoms with Gasteiger partial charge in [-0.1, -0.05) is 36.4 Å². The zero-order valence-corrected chi connectivity index (χ0v) is 21.6. The van der Waals surface area contributed by atoms with Gasteiger partial charge >= 0.3 is 12.0 Å². The first-order valence-electron chi connectivity index (χ1n) is 12.4. The number of hydrogen-bond donors (Lipinski definition) is 1. The Hall–Kier alpha value is -3.95. The van der Waals surface area contributed by atoms with Crippen molar-refractivity contribution in [2.24, 2.45) is 0 Å². The Morgan fingerprint density at radius 3 is 2.37 bits per heavy atom. The van der Waals surface area contributed by atoms with Gasteiger partial charge in [-0.15, -0.1) is 0 Å². The van der Waals surface area contributed by atoms with Gasteiger partial charge in [0.1, 0.15) is 11.6 Å². The maximum Gasteiger partial charge on any atom is 0.337 e. The smallest absolute Gasteiger partial charge is 0.337 e. The third-order valence-electron chi connectivity index (χ3n) is 6.49. The molecule has 1 heterocycles. The number of para-hydroxylation sites is 1. The number of benzene rings is 3. The topological polar surface area (TPSA) is 80.3 Å². The number of esters is 1. The minimum atomic E-state index is -0.460. The van der Waals surface area contributed by atoms with Crippen LogP contribution in [0, 0.1) is 5.82 Å². The predicted octanol–water partition coefficient (Wildman–Crippen LogP) is 4.73. The molecule has 1 aliphatic rings. The van der Waals surface area contributed by atoms with Crippen molar-refractivity contribution in [3.8, 4) is 5.75 Å². The van der Waals surface area contributed by atoms with Gasteiger partial charge in [0.2, 0.25) is 0 Å². The molecule has 38 heavy (non-hydrogen) atoms. The molecule has 1 fully saturated rings. The van der Waals surface area contributed by atoms with E-state index >= 15 is 0 Å². The van der Waals surface area contributed by atoms with E-state index in [-0.39, 0.29) is 23.8 Å². The summed E-state index contributed by atoms with van der Waals surface area (Å²) >= 11 is 0. The van der Waals surface area contributed by atoms with E-state index in [1.54, 1.807) is 42.3 Å². The van der Waals surface area contributed by atoms with Crippen molar-refractivity contribution in [2.45, 2.75) is 12.7 Å². The van der Waals surface area contributed by atoms with Crippen molar-refractivity contribution < 1.29 is 28.2 Å². The van der Waals surface area contributed by atoms with Crippen LogP contribution in [-0.4, -0.2) is 68.7 Å². The van der Waals surface area contributed by atoms with Crippen LogP contribution in [0.5, 0.6) is 5.75 Å². The first kappa shape index (κ1) is 27.1. The molecule has 8 nitrogen and oxygen atoms in total. The number of carbonyl (C=O) groups excluding carboxylic acids is 2. The van der Waals surface area contributed by atoms with Crippen LogP contribution < -0.4 is 10.1 Å². The number of methoxy groups -OCH3 is 2. The first-order valence-corrected chi connectivity index (χ1v) is 12.4. The summed E-state index contributed by atoms with van der Waals surface area (Å²) in [5, 5.41) is 2.65. The lowest BCUT2D eigenvalue weighted by Gasteiger charge is -2.36. The molecule has 200 valence electrons. The zero-order chi connectivity index (χ0) is 26.9. The molecule has 1 N–H and O–H groups in total. The SMILES string of the molecule is COC(=O)c1ccc(CO[C@H](CN2CCN(C(=O)Nc3ccccc3F)CC2)c2cccc(OC)c2)cc1. The highest BCUT2D eigenvalue weighted by Gasteiger charge is 2.25. The molecule has 0 spiro atoms. The molecule has 2 amide bonds. The van der Waals surface area contributed by atoms with Crippen molar-refractivity contribution >= 4 is 17.7 Å². The van der Waals surface area contributed by atoms with Crippen molar-refractivity contribution in [2.75, 3.05) is 52.3 Å². The van der Waals surface area contributed by atoms with E-state index in [2.05, 4.69) is 10.2 Å². The van der Waals surface area contributed by atoms with Gasteiger partial charge in [-0.2, -0.15) is 0 Å². The van der Waals surface area contributed by atoms with Crippen LogP contribution >= 0.6 is 0 Å². The largest absolute Gasteiger partial charge is 0.497 e. The van der Waals surface area contributed by atoms with Gasteiger partial charge in [-0.3, -0.25) is 4.90 Å². The number of nitrogens with zero attached hydrogens (tertiary/aromatic N) is 2. The number of amides is 2. The van der Waals surface area contributed by atoms with Crippen LogP contribution in [0.15, 0.2) is 72.8 Å². The van der Waals surface area contributed by atoms with Gasteiger partial charge in [0.25, 0.3) is 0 Å². The molecular formula is C29H32FN3O5. The number of carbonyl (C=O) groups is 2. The summed E-state index contributed by atoms with van der Waals surface area (Å²) in [6.07, 6.45) is -0.246. The van der Waals surface area contributed by atoms with Crippen LogP contribution in [0.3, 0.4) is 0 Å². The number of nitrogens with one attached hydrogen (secondary N) is 1. The number of ether oxygens (including phenoxy) is 3. The Labute approximate surface area is 221 Å². The van der Waals surface area contributed by atoms with Crippen LogP contribution in [-0.2, 0) is 16.1 Å². The Bertz CT molecular complexity index is 1230. The number of halogens is 1. The van der Waals surface area contributed by atoms with Gasteiger partial charge in [0, 0.05) is 32.7 Å². The summed E-state index contributed by atoms with van der Waals surface area (Å²) in [4.78, 5) is 28.3. The van der Waals surface area contributed by atoms with Gasteiger partial charge in [-0.25, -0.2) is 14.0 Å². The minimum absolute atomic E-state index is 0.172. The molecule has 1 saturated heterocycles. The summed E-state index contributed by atoms with van der Waals surface area (Å²) in [5.41, 5.74) is 2.57. The first-order chi connectivity index (χ1) is 18.5. The number of urea groups is 1. The standard InChI is InChI=1S/C29H32FN3O5/c1-36-24-7-5-6-23(18-24)27(38-20-21-10-12-22(13-11-21)28(34)37-2)19-32-14-16-33(17-15-32)29(35)31-26-9-4-3-8-25(26)30/h3-13,18,27H,14-17,19-20H2,1-2H3,(H,31,35)/t27-/m1/s1. The maximum absolute atomic E-state index is 13.9. The number of piperazine rings is 1. The quantitative estimate of drug-likeness (QED) is 0.410. The van der Waals surface area contributed by atoms with Crippen LogP contribution in [0.1, 0.15) is 27.6 Å². The highest BCUT2D eigenvalue weighted by molar-refractivity contribution is 5.89. The van der Waals surface area contributed by atoms with Crippen molar-refractivity contribution in [1.29, 1.82) is 0 Å². The Balaban J connectivity index is 1.38. The second-order valence-corrected chi connectivity index (χ2v) is 8.96. The Morgan fingerprint density at radius 2 is 1.68 bits per heavy atom. The highest BCUT2D eigenvalue weighted by Crippen LogP contribution is 2.25. The van der Waals surface area contributed by atoms with Gasteiger partial charge < -0.3 is 24.4 Å². The summed E-state index contributed by atoms with van der Waals surface area (Å²) in [6.45, 7) is 3.31. The summed E-state index contributed by atoms with van der Waals surface area (Å²) in [7, 11) is 2.98. The summed E-state index contributed by atoms with van der Waals surface area (Å²) in [6, 6.07) is 20.7. The van der Waals surface area contributed by atoms with E-state index in [0.717, 1.165) is 16.9 Å². The van der Waals surface area contributed by atoms with Gasteiger partial charge in [0.05, 0.1) is 38.2 Å². The molecule has 1 aliphatic heterocycles. The van der Waals surface area contributed by atoms with Crippen molar-refractivity contribution in [3.63, 3.8) is 0 Å². The molecule has 3 aromatic rings. The average molecular weight is 522 g/mol. The lowest BCUT2D eigenvalue weighted by Crippen LogP contribution is -2.50. The number of anilines is 1. The summed E-state index contributed by atoms with van der Waals surface area (Å²) < 4.78 is 30.5. The second kappa shape index (κ2) is 13.0. The van der Waals surface area contributed by atoms with Crippen LogP contribution in [0.4, 0.5) is 14.9 Å². The fourth-order valence-electron chi connectivity index (χ4n) is 4.27. The molecule has 3 aromatic carbocycles. The summed E-state index contributed by atoms with van der Waals surface area (Å²) in [5.74, 6) is -0.0979. The van der Waals surface area contributed by atoms with E-state index in [0.29, 0.717) is 44.9 Å². The third kappa shape index (κ3) is 7.08. The van der Waals surface area contributed by atoms with E-state index in [1.165, 1.54) is 13.2 Å². The van der Waals surface area contributed by atoms with Crippen molar-refractivity contribution in [3.05, 3.63) is 95.3 Å². The Kier molecular flexibility index (Phi) is 9.29. The monoisotopic (exact) mass is 521 g/mol. The van der Waals surface area contributed by atoms with Gasteiger partial charge in [-0.05, 0) is 47.5 Å².